The summed E-state index contributed by atoms with van der Waals surface area (Å²) >= 11 is 0. The van der Waals surface area contributed by atoms with E-state index in [0.717, 1.165) is 66.1 Å². The highest BCUT2D eigenvalue weighted by Gasteiger charge is 2.16. The fraction of sp³-hybridized carbons (Fsp3) is 0.391. The molecule has 1 aliphatic heterocycles. The van der Waals surface area contributed by atoms with E-state index in [-0.39, 0.29) is 11.8 Å². The Bertz CT molecular complexity index is 992. The van der Waals surface area contributed by atoms with E-state index in [1.807, 2.05) is 29.2 Å². The molecule has 0 unspecified atom stereocenters. The van der Waals surface area contributed by atoms with E-state index >= 15 is 0 Å². The van der Waals surface area contributed by atoms with E-state index in [0.29, 0.717) is 19.4 Å². The van der Waals surface area contributed by atoms with Crippen LogP contribution in [0.1, 0.15) is 37.7 Å². The number of rotatable bonds is 6. The van der Waals surface area contributed by atoms with Gasteiger partial charge in [0.15, 0.2) is 0 Å². The quantitative estimate of drug-likeness (QED) is 0.659. The molecule has 0 radical (unpaired) electrons. The average molecular weight is 378 g/mol. The number of carbonyl (C=O) groups is 2. The van der Waals surface area contributed by atoms with Crippen molar-refractivity contribution in [2.45, 2.75) is 38.5 Å². The van der Waals surface area contributed by atoms with Gasteiger partial charge in [0, 0.05) is 37.0 Å². The molecule has 0 saturated carbocycles. The topological polar surface area (TPSA) is 62.6 Å². The van der Waals surface area contributed by atoms with Crippen molar-refractivity contribution in [2.75, 3.05) is 19.6 Å². The van der Waals surface area contributed by atoms with Gasteiger partial charge in [0.05, 0.1) is 12.7 Å². The molecule has 1 aliphatic rings. The molecule has 146 valence electrons. The van der Waals surface area contributed by atoms with Gasteiger partial charge in [-0.1, -0.05) is 36.8 Å². The second kappa shape index (κ2) is 8.46. The summed E-state index contributed by atoms with van der Waals surface area (Å²) in [4.78, 5) is 26.4. The second-order valence-electron chi connectivity index (χ2n) is 7.49. The minimum Gasteiger partial charge on any atom is -0.464 e. The largest absolute Gasteiger partial charge is 0.464 e. The number of fused-ring (bicyclic) bond motifs is 3. The summed E-state index contributed by atoms with van der Waals surface area (Å²) in [5, 5.41) is 6.25. The number of hydrogen-bond donors (Lipinski definition) is 1. The molecule has 5 heteroatoms. The van der Waals surface area contributed by atoms with Gasteiger partial charge in [-0.15, -0.1) is 0 Å². The predicted molar refractivity (Wildman–Crippen MR) is 110 cm³/mol. The first-order chi connectivity index (χ1) is 13.7. The van der Waals surface area contributed by atoms with Crippen molar-refractivity contribution in [3.63, 3.8) is 0 Å². The van der Waals surface area contributed by atoms with Crippen molar-refractivity contribution in [1.29, 1.82) is 0 Å². The number of nitrogens with one attached hydrogen (secondary N) is 1. The third-order valence-electron chi connectivity index (χ3n) is 5.49. The summed E-state index contributed by atoms with van der Waals surface area (Å²) in [6.07, 6.45) is 6.64. The van der Waals surface area contributed by atoms with Gasteiger partial charge in [-0.05, 0) is 36.1 Å². The first-order valence-electron chi connectivity index (χ1n) is 10.1. The third-order valence-corrected chi connectivity index (χ3v) is 5.49. The monoisotopic (exact) mass is 378 g/mol. The van der Waals surface area contributed by atoms with E-state index in [1.54, 1.807) is 6.26 Å². The molecule has 0 bridgehead atoms. The van der Waals surface area contributed by atoms with Gasteiger partial charge in [-0.3, -0.25) is 9.59 Å². The Morgan fingerprint density at radius 2 is 2.00 bits per heavy atom. The number of nitrogens with zero attached hydrogens (tertiary/aromatic N) is 1. The van der Waals surface area contributed by atoms with Gasteiger partial charge in [0.2, 0.25) is 11.8 Å². The van der Waals surface area contributed by atoms with Gasteiger partial charge >= 0.3 is 0 Å². The molecule has 1 aromatic heterocycles. The summed E-state index contributed by atoms with van der Waals surface area (Å²) in [6.45, 7) is 2.15. The Morgan fingerprint density at radius 1 is 1.11 bits per heavy atom. The second-order valence-corrected chi connectivity index (χ2v) is 7.49. The summed E-state index contributed by atoms with van der Waals surface area (Å²) in [5.41, 5.74) is 1.72. The molecule has 28 heavy (non-hydrogen) atoms. The maximum absolute atomic E-state index is 12.4. The van der Waals surface area contributed by atoms with E-state index in [2.05, 4.69) is 17.4 Å². The van der Waals surface area contributed by atoms with Gasteiger partial charge in [0.1, 0.15) is 5.58 Å². The number of furan rings is 1. The Balaban J connectivity index is 1.34. The minimum atomic E-state index is -0.0159. The summed E-state index contributed by atoms with van der Waals surface area (Å²) in [6, 6.07) is 12.1. The number of hydrogen-bond acceptors (Lipinski definition) is 3. The van der Waals surface area contributed by atoms with Crippen molar-refractivity contribution in [1.82, 2.24) is 10.2 Å². The van der Waals surface area contributed by atoms with Crippen molar-refractivity contribution < 1.29 is 14.0 Å². The van der Waals surface area contributed by atoms with Gasteiger partial charge in [0.25, 0.3) is 0 Å². The highest BCUT2D eigenvalue weighted by atomic mass is 16.3. The first kappa shape index (κ1) is 18.5. The van der Waals surface area contributed by atoms with Crippen molar-refractivity contribution >= 4 is 33.6 Å². The highest BCUT2D eigenvalue weighted by Crippen LogP contribution is 2.30. The van der Waals surface area contributed by atoms with Crippen LogP contribution in [-0.2, 0) is 16.0 Å². The molecule has 1 fully saturated rings. The molecular formula is C23H26N2O3. The summed E-state index contributed by atoms with van der Waals surface area (Å²) < 4.78 is 5.66. The molecule has 0 spiro atoms. The number of likely N-dealkylation sites (tertiary alicyclic amines) is 1. The van der Waals surface area contributed by atoms with Crippen LogP contribution in [0.5, 0.6) is 0 Å². The molecule has 3 aromatic rings. The van der Waals surface area contributed by atoms with Crippen molar-refractivity contribution in [2.24, 2.45) is 0 Å². The van der Waals surface area contributed by atoms with Crippen LogP contribution in [-0.4, -0.2) is 36.3 Å². The summed E-state index contributed by atoms with van der Waals surface area (Å²) in [5.74, 6) is 0.235. The zero-order valence-corrected chi connectivity index (χ0v) is 16.1. The Kier molecular flexibility index (Phi) is 5.60. The van der Waals surface area contributed by atoms with Crippen LogP contribution in [0, 0.1) is 0 Å². The number of benzene rings is 2. The number of amides is 2. The maximum atomic E-state index is 12.4. The molecule has 0 atom stereocenters. The molecule has 2 heterocycles. The van der Waals surface area contributed by atoms with Crippen LogP contribution in [0.25, 0.3) is 21.7 Å². The zero-order chi connectivity index (χ0) is 19.3. The molecule has 1 saturated heterocycles. The van der Waals surface area contributed by atoms with Gasteiger partial charge in [-0.25, -0.2) is 0 Å². The van der Waals surface area contributed by atoms with E-state index in [4.69, 9.17) is 4.42 Å². The summed E-state index contributed by atoms with van der Waals surface area (Å²) in [7, 11) is 0. The lowest BCUT2D eigenvalue weighted by Crippen LogP contribution is -2.34. The fourth-order valence-electron chi connectivity index (χ4n) is 4.01. The first-order valence-corrected chi connectivity index (χ1v) is 10.1. The van der Waals surface area contributed by atoms with Crippen LogP contribution in [0.4, 0.5) is 0 Å². The molecule has 2 aromatic carbocycles. The molecular weight excluding hydrogens is 352 g/mol. The molecule has 1 N–H and O–H groups in total. The average Bonchev–Trinajstić information content (AvgIpc) is 3.00. The highest BCUT2D eigenvalue weighted by molar-refractivity contribution is 6.08. The SMILES string of the molecule is O=C(Cc1coc2ccc3ccccc3c12)NCCCN1CCCCCC1=O. The standard InChI is InChI=1S/C23H26N2O3/c26-21(24-12-6-14-25-13-5-1-2-9-22(25)27)15-18-16-28-20-11-10-17-7-3-4-8-19(17)23(18)20/h3-4,7-8,10-11,16H,1-2,5-6,9,12-15H2,(H,24,26). The van der Waals surface area contributed by atoms with E-state index < -0.39 is 0 Å². The lowest BCUT2D eigenvalue weighted by Gasteiger charge is -2.20. The smallest absolute Gasteiger partial charge is 0.224 e. The molecule has 4 rings (SSSR count). The molecule has 2 amide bonds. The van der Waals surface area contributed by atoms with Crippen molar-refractivity contribution in [3.8, 4) is 0 Å². The zero-order valence-electron chi connectivity index (χ0n) is 16.1. The van der Waals surface area contributed by atoms with E-state index in [9.17, 15) is 9.59 Å². The van der Waals surface area contributed by atoms with Crippen LogP contribution in [0.15, 0.2) is 47.1 Å². The molecule has 5 nitrogen and oxygen atoms in total. The van der Waals surface area contributed by atoms with Crippen LogP contribution in [0.3, 0.4) is 0 Å². The maximum Gasteiger partial charge on any atom is 0.224 e. The predicted octanol–water partition coefficient (Wildman–Crippen LogP) is 4.04. The normalized spacial score (nSPS) is 15.1. The van der Waals surface area contributed by atoms with Crippen LogP contribution in [0.2, 0.25) is 0 Å². The molecule has 0 aliphatic carbocycles. The lowest BCUT2D eigenvalue weighted by atomic mass is 10.0. The Morgan fingerprint density at radius 3 is 2.93 bits per heavy atom. The van der Waals surface area contributed by atoms with Crippen molar-refractivity contribution in [3.05, 3.63) is 48.2 Å². The van der Waals surface area contributed by atoms with Gasteiger partial charge in [-0.2, -0.15) is 0 Å². The third kappa shape index (κ3) is 4.03. The van der Waals surface area contributed by atoms with Crippen LogP contribution >= 0.6 is 0 Å². The van der Waals surface area contributed by atoms with Crippen LogP contribution < -0.4 is 5.32 Å². The van der Waals surface area contributed by atoms with Gasteiger partial charge < -0.3 is 14.6 Å². The Hall–Kier alpha value is -2.82. The number of carbonyl (C=O) groups excluding carboxylic acids is 2. The fourth-order valence-corrected chi connectivity index (χ4v) is 4.01. The minimum absolute atomic E-state index is 0.0159. The van der Waals surface area contributed by atoms with E-state index in [1.165, 1.54) is 0 Å². The lowest BCUT2D eigenvalue weighted by molar-refractivity contribution is -0.130. The Labute approximate surface area is 164 Å².